The standard InChI is InChI=1S/C23H29N3O2S/c1-24(2)12-16-7-8-20-18-9-15(11-26(20)22(16)27)10-25(13-18)23(28)21-19-6-4-3-5-17(19)14-29-21/h7-8,14-15,18H,3-6,9-13H2,1-2H3/t15-,18+/m0/s1. The van der Waals surface area contributed by atoms with Crippen LogP contribution in [0.25, 0.3) is 0 Å². The van der Waals surface area contributed by atoms with Crippen molar-refractivity contribution in [3.8, 4) is 0 Å². The van der Waals surface area contributed by atoms with E-state index >= 15 is 0 Å². The first-order valence-corrected chi connectivity index (χ1v) is 11.6. The van der Waals surface area contributed by atoms with Gasteiger partial charge < -0.3 is 14.4 Å². The molecule has 2 aromatic rings. The molecule has 0 aromatic carbocycles. The Balaban J connectivity index is 1.41. The molecule has 0 N–H and O–H groups in total. The maximum absolute atomic E-state index is 13.4. The van der Waals surface area contributed by atoms with E-state index in [1.165, 1.54) is 24.0 Å². The highest BCUT2D eigenvalue weighted by Crippen LogP contribution is 2.37. The first kappa shape index (κ1) is 19.1. The van der Waals surface area contributed by atoms with Gasteiger partial charge in [0.1, 0.15) is 0 Å². The summed E-state index contributed by atoms with van der Waals surface area (Å²) in [5, 5.41) is 2.20. The number of carbonyl (C=O) groups is 1. The van der Waals surface area contributed by atoms with Crippen molar-refractivity contribution in [1.82, 2.24) is 14.4 Å². The lowest BCUT2D eigenvalue weighted by atomic mass is 9.82. The van der Waals surface area contributed by atoms with Crippen LogP contribution in [0.5, 0.6) is 0 Å². The molecule has 29 heavy (non-hydrogen) atoms. The third-order valence-corrected chi connectivity index (χ3v) is 7.81. The monoisotopic (exact) mass is 411 g/mol. The molecule has 1 fully saturated rings. The third-order valence-electron chi connectivity index (χ3n) is 6.75. The molecule has 2 atom stereocenters. The fourth-order valence-electron chi connectivity index (χ4n) is 5.46. The third kappa shape index (κ3) is 3.36. The van der Waals surface area contributed by atoms with Gasteiger partial charge in [-0.1, -0.05) is 6.07 Å². The van der Waals surface area contributed by atoms with Crippen molar-refractivity contribution in [1.29, 1.82) is 0 Å². The summed E-state index contributed by atoms with van der Waals surface area (Å²) in [5.74, 6) is 0.851. The minimum absolute atomic E-state index is 0.151. The van der Waals surface area contributed by atoms with E-state index in [1.54, 1.807) is 11.3 Å². The number of likely N-dealkylation sites (tertiary alicyclic amines) is 1. The molecule has 1 saturated heterocycles. The maximum atomic E-state index is 13.4. The minimum atomic E-state index is 0.151. The molecule has 4 heterocycles. The Labute approximate surface area is 175 Å². The van der Waals surface area contributed by atoms with E-state index in [0.717, 1.165) is 55.0 Å². The lowest BCUT2D eigenvalue weighted by molar-refractivity contribution is 0.0597. The molecule has 5 rings (SSSR count). The predicted octanol–water partition coefficient (Wildman–Crippen LogP) is 3.11. The number of hydrogen-bond donors (Lipinski definition) is 0. The summed E-state index contributed by atoms with van der Waals surface area (Å²) in [7, 11) is 3.98. The fourth-order valence-corrected chi connectivity index (χ4v) is 6.59. The van der Waals surface area contributed by atoms with Crippen molar-refractivity contribution < 1.29 is 4.79 Å². The van der Waals surface area contributed by atoms with Crippen LogP contribution in [0.15, 0.2) is 22.3 Å². The van der Waals surface area contributed by atoms with E-state index in [-0.39, 0.29) is 17.4 Å². The van der Waals surface area contributed by atoms with Gasteiger partial charge in [-0.25, -0.2) is 0 Å². The number of piperidine rings is 1. The number of hydrogen-bond acceptors (Lipinski definition) is 4. The molecule has 0 unspecified atom stereocenters. The number of amides is 1. The van der Waals surface area contributed by atoms with Crippen LogP contribution in [0.2, 0.25) is 0 Å². The van der Waals surface area contributed by atoms with Crippen LogP contribution in [-0.4, -0.2) is 47.5 Å². The second kappa shape index (κ2) is 7.40. The van der Waals surface area contributed by atoms with Crippen LogP contribution < -0.4 is 5.56 Å². The zero-order chi connectivity index (χ0) is 20.1. The van der Waals surface area contributed by atoms with Crippen molar-refractivity contribution in [3.05, 3.63) is 55.1 Å². The van der Waals surface area contributed by atoms with Gasteiger partial charge in [-0.2, -0.15) is 0 Å². The first-order valence-electron chi connectivity index (χ1n) is 10.8. The van der Waals surface area contributed by atoms with E-state index < -0.39 is 0 Å². The number of pyridine rings is 1. The SMILES string of the molecule is CN(C)Cc1ccc2n(c1=O)C[C@H]1C[C@@H]2CN(C(=O)c2scc3c2CCCC3)C1. The Kier molecular flexibility index (Phi) is 4.87. The Morgan fingerprint density at radius 3 is 2.83 bits per heavy atom. The van der Waals surface area contributed by atoms with Gasteiger partial charge in [-0.05, 0) is 74.7 Å². The summed E-state index contributed by atoms with van der Waals surface area (Å²) < 4.78 is 1.99. The van der Waals surface area contributed by atoms with Crippen LogP contribution in [0.3, 0.4) is 0 Å². The van der Waals surface area contributed by atoms with E-state index in [2.05, 4.69) is 16.3 Å². The van der Waals surface area contributed by atoms with Crippen molar-refractivity contribution in [2.75, 3.05) is 27.2 Å². The lowest BCUT2D eigenvalue weighted by Gasteiger charge is -2.43. The summed E-state index contributed by atoms with van der Waals surface area (Å²) >= 11 is 1.64. The lowest BCUT2D eigenvalue weighted by Crippen LogP contribution is -2.49. The van der Waals surface area contributed by atoms with E-state index in [0.29, 0.717) is 12.5 Å². The highest BCUT2D eigenvalue weighted by molar-refractivity contribution is 7.12. The Morgan fingerprint density at radius 1 is 1.17 bits per heavy atom. The topological polar surface area (TPSA) is 45.6 Å². The van der Waals surface area contributed by atoms with Gasteiger partial charge in [0, 0.05) is 43.4 Å². The van der Waals surface area contributed by atoms with Gasteiger partial charge in [0.2, 0.25) is 0 Å². The molecular formula is C23H29N3O2S. The van der Waals surface area contributed by atoms with Crippen molar-refractivity contribution >= 4 is 17.2 Å². The molecule has 6 heteroatoms. The van der Waals surface area contributed by atoms with Crippen LogP contribution in [0.1, 0.15) is 57.2 Å². The predicted molar refractivity (Wildman–Crippen MR) is 116 cm³/mol. The molecule has 0 spiro atoms. The highest BCUT2D eigenvalue weighted by Gasteiger charge is 2.37. The molecular weight excluding hydrogens is 382 g/mol. The maximum Gasteiger partial charge on any atom is 0.264 e. The van der Waals surface area contributed by atoms with Gasteiger partial charge >= 0.3 is 0 Å². The zero-order valence-electron chi connectivity index (χ0n) is 17.3. The summed E-state index contributed by atoms with van der Waals surface area (Å²) in [6, 6.07) is 4.12. The average molecular weight is 412 g/mol. The summed E-state index contributed by atoms with van der Waals surface area (Å²) in [6.45, 7) is 2.90. The van der Waals surface area contributed by atoms with E-state index in [9.17, 15) is 9.59 Å². The van der Waals surface area contributed by atoms with Crippen LogP contribution in [0, 0.1) is 5.92 Å². The summed E-state index contributed by atoms with van der Waals surface area (Å²) in [5.41, 5.74) is 4.83. The van der Waals surface area contributed by atoms with Crippen molar-refractivity contribution in [3.63, 3.8) is 0 Å². The molecule has 154 valence electrons. The smallest absolute Gasteiger partial charge is 0.264 e. The number of aromatic nitrogens is 1. The Bertz CT molecular complexity index is 1010. The molecule has 0 saturated carbocycles. The molecule has 0 radical (unpaired) electrons. The van der Waals surface area contributed by atoms with Crippen molar-refractivity contribution in [2.45, 2.75) is 51.1 Å². The number of rotatable bonds is 3. The van der Waals surface area contributed by atoms with E-state index in [4.69, 9.17) is 0 Å². The van der Waals surface area contributed by atoms with Crippen LogP contribution in [0.4, 0.5) is 0 Å². The van der Waals surface area contributed by atoms with Crippen molar-refractivity contribution in [2.24, 2.45) is 5.92 Å². The molecule has 1 amide bonds. The van der Waals surface area contributed by atoms with Crippen LogP contribution in [-0.2, 0) is 25.9 Å². The highest BCUT2D eigenvalue weighted by atomic mass is 32.1. The van der Waals surface area contributed by atoms with Gasteiger partial charge in [-0.3, -0.25) is 9.59 Å². The zero-order valence-corrected chi connectivity index (χ0v) is 18.1. The average Bonchev–Trinajstić information content (AvgIpc) is 3.13. The number of nitrogens with zero attached hydrogens (tertiary/aromatic N) is 3. The molecule has 2 bridgehead atoms. The number of aryl methyl sites for hydroxylation is 1. The second-order valence-corrected chi connectivity index (χ2v) is 10.1. The number of carbonyl (C=O) groups excluding carboxylic acids is 1. The van der Waals surface area contributed by atoms with Gasteiger partial charge in [0.15, 0.2) is 0 Å². The van der Waals surface area contributed by atoms with Gasteiger partial charge in [-0.15, -0.1) is 11.3 Å². The van der Waals surface area contributed by atoms with Gasteiger partial charge in [0.05, 0.1) is 4.88 Å². The number of thiophene rings is 1. The summed E-state index contributed by atoms with van der Waals surface area (Å²) in [6.07, 6.45) is 5.69. The molecule has 3 aliphatic rings. The van der Waals surface area contributed by atoms with Gasteiger partial charge in [0.25, 0.3) is 11.5 Å². The molecule has 2 aliphatic heterocycles. The summed E-state index contributed by atoms with van der Waals surface area (Å²) in [4.78, 5) is 31.5. The normalized spacial score (nSPS) is 23.1. The minimum Gasteiger partial charge on any atom is -0.337 e. The van der Waals surface area contributed by atoms with E-state index in [1.807, 2.05) is 29.6 Å². The molecule has 5 nitrogen and oxygen atoms in total. The Morgan fingerprint density at radius 2 is 2.00 bits per heavy atom. The van der Waals surface area contributed by atoms with Crippen LogP contribution >= 0.6 is 11.3 Å². The first-order chi connectivity index (χ1) is 14.0. The quantitative estimate of drug-likeness (QED) is 0.780. The molecule has 1 aliphatic carbocycles. The fraction of sp³-hybridized carbons (Fsp3) is 0.565. The largest absolute Gasteiger partial charge is 0.337 e. The number of fused-ring (bicyclic) bond motifs is 5. The Hall–Kier alpha value is -1.92. The second-order valence-electron chi connectivity index (χ2n) is 9.22. The molecule has 2 aromatic heterocycles.